The summed E-state index contributed by atoms with van der Waals surface area (Å²) >= 11 is 22.9. The number of halogens is 3. The molecule has 1 heterocycles. The Morgan fingerprint density at radius 2 is 1.73 bits per heavy atom. The van der Waals surface area contributed by atoms with Crippen LogP contribution in [0.3, 0.4) is 0 Å². The highest BCUT2D eigenvalue weighted by atomic mass is 35.6. The third-order valence-corrected chi connectivity index (χ3v) is 3.78. The van der Waals surface area contributed by atoms with Crippen LogP contribution in [0.25, 0.3) is 6.08 Å². The first kappa shape index (κ1) is 20.4. The highest BCUT2D eigenvalue weighted by Gasteiger charge is 2.34. The first-order chi connectivity index (χ1) is 12.3. The van der Waals surface area contributed by atoms with Gasteiger partial charge in [-0.1, -0.05) is 65.1 Å². The number of anilines is 1. The SMILES string of the molecule is O=C(/C=C/c1ccccc1)NC(NC(=S)Nc1ncccn1)C(Cl)(Cl)Cl. The van der Waals surface area contributed by atoms with E-state index in [1.165, 1.54) is 6.08 Å². The number of thiocarbonyl (C=S) groups is 1. The maximum Gasteiger partial charge on any atom is 0.245 e. The molecule has 0 saturated heterocycles. The number of hydrogen-bond acceptors (Lipinski definition) is 4. The lowest BCUT2D eigenvalue weighted by atomic mass is 10.2. The van der Waals surface area contributed by atoms with E-state index in [0.29, 0.717) is 0 Å². The number of hydrogen-bond donors (Lipinski definition) is 3. The molecular formula is C16H14Cl3N5OS. The van der Waals surface area contributed by atoms with Crippen LogP contribution >= 0.6 is 47.0 Å². The Balaban J connectivity index is 1.97. The highest BCUT2D eigenvalue weighted by molar-refractivity contribution is 7.80. The predicted molar refractivity (Wildman–Crippen MR) is 109 cm³/mol. The van der Waals surface area contributed by atoms with Crippen molar-refractivity contribution in [3.63, 3.8) is 0 Å². The zero-order valence-electron chi connectivity index (χ0n) is 13.2. The van der Waals surface area contributed by atoms with Gasteiger partial charge in [0, 0.05) is 18.5 Å². The van der Waals surface area contributed by atoms with Crippen LogP contribution in [0, 0.1) is 0 Å². The number of nitrogens with zero attached hydrogens (tertiary/aromatic N) is 2. The first-order valence-corrected chi connectivity index (χ1v) is 8.84. The molecule has 1 atom stereocenters. The first-order valence-electron chi connectivity index (χ1n) is 7.29. The van der Waals surface area contributed by atoms with E-state index < -0.39 is 15.9 Å². The lowest BCUT2D eigenvalue weighted by Crippen LogP contribution is -2.55. The Hall–Kier alpha value is -1.93. The van der Waals surface area contributed by atoms with Crippen molar-refractivity contribution in [2.24, 2.45) is 0 Å². The van der Waals surface area contributed by atoms with E-state index in [9.17, 15) is 4.79 Å². The molecule has 0 aliphatic rings. The molecule has 26 heavy (non-hydrogen) atoms. The minimum atomic E-state index is -1.85. The molecule has 6 nitrogen and oxygen atoms in total. The van der Waals surface area contributed by atoms with Gasteiger partial charge in [0.25, 0.3) is 0 Å². The van der Waals surface area contributed by atoms with Crippen molar-refractivity contribution in [1.29, 1.82) is 0 Å². The summed E-state index contributed by atoms with van der Waals surface area (Å²) in [5.74, 6) is -0.195. The average Bonchev–Trinajstić information content (AvgIpc) is 2.60. The summed E-state index contributed by atoms with van der Waals surface area (Å²) in [5.41, 5.74) is 0.861. The number of amides is 1. The number of benzene rings is 1. The second-order valence-electron chi connectivity index (χ2n) is 4.90. The van der Waals surface area contributed by atoms with Crippen LogP contribution in [0.1, 0.15) is 5.56 Å². The van der Waals surface area contributed by atoms with E-state index in [-0.39, 0.29) is 11.1 Å². The topological polar surface area (TPSA) is 78.9 Å². The third kappa shape index (κ3) is 7.13. The van der Waals surface area contributed by atoms with E-state index in [4.69, 9.17) is 47.0 Å². The van der Waals surface area contributed by atoms with Crippen molar-refractivity contribution in [2.45, 2.75) is 9.96 Å². The highest BCUT2D eigenvalue weighted by Crippen LogP contribution is 2.29. The minimum absolute atomic E-state index is 0.0832. The zero-order chi connectivity index (χ0) is 19.0. The van der Waals surface area contributed by atoms with Gasteiger partial charge in [-0.3, -0.25) is 4.79 Å². The van der Waals surface area contributed by atoms with Gasteiger partial charge in [-0.15, -0.1) is 0 Å². The van der Waals surface area contributed by atoms with Gasteiger partial charge >= 0.3 is 0 Å². The summed E-state index contributed by atoms with van der Waals surface area (Å²) in [6.45, 7) is 0. The molecule has 136 valence electrons. The average molecular weight is 431 g/mol. The Morgan fingerprint density at radius 1 is 1.08 bits per heavy atom. The number of carbonyl (C=O) groups excluding carboxylic acids is 1. The van der Waals surface area contributed by atoms with E-state index in [0.717, 1.165) is 5.56 Å². The molecule has 1 aromatic carbocycles. The number of carbonyl (C=O) groups is 1. The summed E-state index contributed by atoms with van der Waals surface area (Å²) in [6, 6.07) is 11.0. The van der Waals surface area contributed by atoms with Crippen LogP contribution in [0.15, 0.2) is 54.9 Å². The molecule has 0 radical (unpaired) electrons. The molecule has 2 rings (SSSR count). The van der Waals surface area contributed by atoms with Gasteiger partial charge in [-0.25, -0.2) is 9.97 Å². The smallest absolute Gasteiger partial charge is 0.245 e. The lowest BCUT2D eigenvalue weighted by Gasteiger charge is -2.27. The van der Waals surface area contributed by atoms with Crippen LogP contribution in [0.4, 0.5) is 5.95 Å². The van der Waals surface area contributed by atoms with Crippen molar-refractivity contribution in [3.8, 4) is 0 Å². The summed E-state index contributed by atoms with van der Waals surface area (Å²) in [6.07, 6.45) is 4.97. The van der Waals surface area contributed by atoms with Crippen molar-refractivity contribution < 1.29 is 4.79 Å². The fourth-order valence-corrected chi connectivity index (χ4v) is 2.30. The molecule has 3 N–H and O–H groups in total. The molecule has 1 amide bonds. The molecule has 0 saturated carbocycles. The lowest BCUT2D eigenvalue weighted by molar-refractivity contribution is -0.117. The van der Waals surface area contributed by atoms with Gasteiger partial charge in [0.05, 0.1) is 0 Å². The van der Waals surface area contributed by atoms with Crippen LogP contribution in [-0.2, 0) is 4.79 Å². The van der Waals surface area contributed by atoms with Crippen molar-refractivity contribution >= 4 is 70.1 Å². The normalized spacial score (nSPS) is 12.4. The molecule has 0 fully saturated rings. The van der Waals surface area contributed by atoms with E-state index in [2.05, 4.69) is 25.9 Å². The number of rotatable bonds is 5. The molecule has 0 aliphatic carbocycles. The van der Waals surface area contributed by atoms with E-state index >= 15 is 0 Å². The van der Waals surface area contributed by atoms with Crippen molar-refractivity contribution in [3.05, 3.63) is 60.4 Å². The van der Waals surface area contributed by atoms with Gasteiger partial charge in [0.15, 0.2) is 5.11 Å². The standard InChI is InChI=1S/C16H14Cl3N5OS/c17-16(18,19)13(23-15(26)24-14-20-9-4-10-21-14)22-12(25)8-7-11-5-2-1-3-6-11/h1-10,13H,(H,22,25)(H2,20,21,23,24,26)/b8-7+. The van der Waals surface area contributed by atoms with Crippen molar-refractivity contribution in [2.75, 3.05) is 5.32 Å². The van der Waals surface area contributed by atoms with Gasteiger partial charge in [0.1, 0.15) is 6.17 Å². The van der Waals surface area contributed by atoms with Gasteiger partial charge < -0.3 is 16.0 Å². The molecule has 2 aromatic rings. The minimum Gasteiger partial charge on any atom is -0.339 e. The maximum absolute atomic E-state index is 12.1. The molecule has 0 spiro atoms. The fraction of sp³-hybridized carbons (Fsp3) is 0.125. The van der Waals surface area contributed by atoms with Crippen LogP contribution in [0.2, 0.25) is 0 Å². The zero-order valence-corrected chi connectivity index (χ0v) is 16.3. The molecule has 1 unspecified atom stereocenters. The van der Waals surface area contributed by atoms with E-state index in [1.807, 2.05) is 30.3 Å². The van der Waals surface area contributed by atoms with Crippen LogP contribution < -0.4 is 16.0 Å². The van der Waals surface area contributed by atoms with Gasteiger partial charge in [0.2, 0.25) is 15.6 Å². The number of aromatic nitrogens is 2. The quantitative estimate of drug-likeness (QED) is 0.292. The fourth-order valence-electron chi connectivity index (χ4n) is 1.76. The maximum atomic E-state index is 12.1. The summed E-state index contributed by atoms with van der Waals surface area (Å²) in [7, 11) is 0. The Morgan fingerprint density at radius 3 is 2.35 bits per heavy atom. The number of alkyl halides is 3. The third-order valence-electron chi connectivity index (χ3n) is 2.91. The van der Waals surface area contributed by atoms with Crippen molar-refractivity contribution in [1.82, 2.24) is 20.6 Å². The molecule has 1 aromatic heterocycles. The van der Waals surface area contributed by atoms with Gasteiger partial charge in [-0.05, 0) is 29.9 Å². The second kappa shape index (κ2) is 9.68. The van der Waals surface area contributed by atoms with Crippen LogP contribution in [-0.4, -0.2) is 30.9 Å². The van der Waals surface area contributed by atoms with Gasteiger partial charge in [-0.2, -0.15) is 0 Å². The molecule has 10 heteroatoms. The van der Waals surface area contributed by atoms with Crippen LogP contribution in [0.5, 0.6) is 0 Å². The second-order valence-corrected chi connectivity index (χ2v) is 7.68. The molecule has 0 aliphatic heterocycles. The predicted octanol–water partition coefficient (Wildman–Crippen LogP) is 3.29. The Bertz CT molecular complexity index is 768. The van der Waals surface area contributed by atoms with E-state index in [1.54, 1.807) is 24.5 Å². The summed E-state index contributed by atoms with van der Waals surface area (Å²) < 4.78 is -1.85. The molecule has 0 bridgehead atoms. The molecular weight excluding hydrogens is 417 g/mol. The monoisotopic (exact) mass is 429 g/mol. The Labute approximate surface area is 171 Å². The Kier molecular flexibility index (Phi) is 7.59. The number of nitrogens with one attached hydrogen (secondary N) is 3. The largest absolute Gasteiger partial charge is 0.339 e. The summed E-state index contributed by atoms with van der Waals surface area (Å²) in [4.78, 5) is 20.0. The summed E-state index contributed by atoms with van der Waals surface area (Å²) in [5, 5.41) is 8.07.